The smallest absolute Gasteiger partial charge is 0.0529 e. The summed E-state index contributed by atoms with van der Waals surface area (Å²) in [5, 5.41) is 3.96. The number of rotatable bonds is 3. The van der Waals surface area contributed by atoms with Crippen LogP contribution in [0.5, 0.6) is 0 Å². The largest absolute Gasteiger partial charge is 0.298 e. The van der Waals surface area contributed by atoms with Crippen molar-refractivity contribution in [3.63, 3.8) is 0 Å². The van der Waals surface area contributed by atoms with Crippen LogP contribution in [0.1, 0.15) is 33.1 Å². The van der Waals surface area contributed by atoms with Crippen LogP contribution in [0.4, 0.5) is 0 Å². The van der Waals surface area contributed by atoms with Crippen molar-refractivity contribution < 1.29 is 0 Å². The van der Waals surface area contributed by atoms with Crippen molar-refractivity contribution in [1.29, 1.82) is 0 Å². The Hall–Kier alpha value is -0.770. The fourth-order valence-corrected chi connectivity index (χ4v) is 3.13. The molecule has 0 aromatic rings. The van der Waals surface area contributed by atoms with E-state index in [2.05, 4.69) is 33.7 Å². The zero-order valence-corrected chi connectivity index (χ0v) is 10.9. The Bertz CT molecular complexity index is 289. The first-order chi connectivity index (χ1) is 8.22. The minimum Gasteiger partial charge on any atom is -0.298 e. The summed E-state index contributed by atoms with van der Waals surface area (Å²) < 4.78 is 0. The molecular formula is C12H23N5. The Morgan fingerprint density at radius 3 is 2.47 bits per heavy atom. The second-order valence-corrected chi connectivity index (χ2v) is 5.44. The van der Waals surface area contributed by atoms with Crippen molar-refractivity contribution in [3.05, 3.63) is 10.4 Å². The van der Waals surface area contributed by atoms with Gasteiger partial charge < -0.3 is 0 Å². The number of hydrogen-bond acceptors (Lipinski definition) is 3. The molecule has 1 unspecified atom stereocenters. The van der Waals surface area contributed by atoms with Crippen molar-refractivity contribution >= 4 is 0 Å². The molecule has 5 heteroatoms. The van der Waals surface area contributed by atoms with Gasteiger partial charge in [0.15, 0.2) is 0 Å². The van der Waals surface area contributed by atoms with Crippen molar-refractivity contribution in [2.45, 2.75) is 51.2 Å². The van der Waals surface area contributed by atoms with E-state index < -0.39 is 0 Å². The molecule has 1 saturated carbocycles. The molecule has 0 N–H and O–H groups in total. The summed E-state index contributed by atoms with van der Waals surface area (Å²) in [6.07, 6.45) is 3.48. The van der Waals surface area contributed by atoms with E-state index in [-0.39, 0.29) is 6.04 Å². The van der Waals surface area contributed by atoms with Crippen LogP contribution in [0.15, 0.2) is 5.11 Å². The van der Waals surface area contributed by atoms with Crippen molar-refractivity contribution in [3.8, 4) is 0 Å². The van der Waals surface area contributed by atoms with Crippen LogP contribution in [0, 0.1) is 0 Å². The van der Waals surface area contributed by atoms with Crippen LogP contribution in [-0.2, 0) is 0 Å². The van der Waals surface area contributed by atoms with E-state index in [9.17, 15) is 0 Å². The maximum atomic E-state index is 8.59. The maximum Gasteiger partial charge on any atom is 0.0529 e. The van der Waals surface area contributed by atoms with Gasteiger partial charge in [-0.3, -0.25) is 9.80 Å². The first-order valence-corrected chi connectivity index (χ1v) is 6.74. The molecule has 2 rings (SSSR count). The van der Waals surface area contributed by atoms with Crippen molar-refractivity contribution in [1.82, 2.24) is 9.80 Å². The molecule has 0 amide bonds. The van der Waals surface area contributed by atoms with E-state index in [1.54, 1.807) is 0 Å². The second kappa shape index (κ2) is 5.71. The highest BCUT2D eigenvalue weighted by Crippen LogP contribution is 2.27. The summed E-state index contributed by atoms with van der Waals surface area (Å²) >= 11 is 0. The zero-order valence-electron chi connectivity index (χ0n) is 10.9. The zero-order chi connectivity index (χ0) is 12.3. The summed E-state index contributed by atoms with van der Waals surface area (Å²) in [5.41, 5.74) is 8.59. The van der Waals surface area contributed by atoms with Gasteiger partial charge in [0.2, 0.25) is 0 Å². The molecular weight excluding hydrogens is 214 g/mol. The molecule has 1 aliphatic heterocycles. The van der Waals surface area contributed by atoms with Gasteiger partial charge in [0.1, 0.15) is 0 Å². The van der Waals surface area contributed by atoms with Crippen LogP contribution in [0.25, 0.3) is 10.4 Å². The molecule has 0 bridgehead atoms. The third-order valence-corrected chi connectivity index (χ3v) is 4.19. The standard InChI is InChI=1S/C12H23N5/c1-10(2)16-6-8-17(9-7-16)12-5-3-4-11(12)14-15-13/h10-12H,3-9H2,1-2H3/t11-,12?/m0/s1. The molecule has 2 aliphatic rings. The Morgan fingerprint density at radius 2 is 1.88 bits per heavy atom. The average Bonchev–Trinajstić information content (AvgIpc) is 2.78. The van der Waals surface area contributed by atoms with Gasteiger partial charge in [-0.05, 0) is 32.2 Å². The molecule has 1 aliphatic carbocycles. The normalized spacial score (nSPS) is 31.7. The summed E-state index contributed by atoms with van der Waals surface area (Å²) in [4.78, 5) is 8.05. The molecule has 2 fully saturated rings. The molecule has 1 heterocycles. The fraction of sp³-hybridized carbons (Fsp3) is 1.00. The molecule has 0 aromatic carbocycles. The SMILES string of the molecule is CC(C)N1CCN(C2CCC[C@@H]2N=[N+]=[N-])CC1. The monoisotopic (exact) mass is 237 g/mol. The fourth-order valence-electron chi connectivity index (χ4n) is 3.13. The van der Waals surface area contributed by atoms with Gasteiger partial charge in [-0.25, -0.2) is 0 Å². The average molecular weight is 237 g/mol. The van der Waals surface area contributed by atoms with Gasteiger partial charge in [0, 0.05) is 43.2 Å². The lowest BCUT2D eigenvalue weighted by Gasteiger charge is -2.40. The third-order valence-electron chi connectivity index (χ3n) is 4.19. The first kappa shape index (κ1) is 12.7. The van der Waals surface area contributed by atoms with Crippen LogP contribution < -0.4 is 0 Å². The molecule has 0 aromatic heterocycles. The van der Waals surface area contributed by atoms with E-state index in [1.807, 2.05) is 0 Å². The summed E-state index contributed by atoms with van der Waals surface area (Å²) in [6.45, 7) is 9.07. The minimum atomic E-state index is 0.214. The highest BCUT2D eigenvalue weighted by Gasteiger charge is 2.33. The van der Waals surface area contributed by atoms with Crippen molar-refractivity contribution in [2.75, 3.05) is 26.2 Å². The molecule has 2 atom stereocenters. The molecule has 1 saturated heterocycles. The minimum absolute atomic E-state index is 0.214. The molecule has 0 spiro atoms. The highest BCUT2D eigenvalue weighted by atomic mass is 15.3. The van der Waals surface area contributed by atoms with Crippen molar-refractivity contribution in [2.24, 2.45) is 5.11 Å². The number of piperazine rings is 1. The third kappa shape index (κ3) is 2.92. The van der Waals surface area contributed by atoms with Gasteiger partial charge in [-0.2, -0.15) is 0 Å². The molecule has 0 radical (unpaired) electrons. The lowest BCUT2D eigenvalue weighted by atomic mass is 10.1. The lowest BCUT2D eigenvalue weighted by molar-refractivity contribution is 0.0751. The van der Waals surface area contributed by atoms with Gasteiger partial charge in [-0.1, -0.05) is 11.5 Å². The first-order valence-electron chi connectivity index (χ1n) is 6.74. The predicted molar refractivity (Wildman–Crippen MR) is 68.9 cm³/mol. The van der Waals surface area contributed by atoms with Crippen LogP contribution in [0.3, 0.4) is 0 Å². The predicted octanol–water partition coefficient (Wildman–Crippen LogP) is 2.24. The van der Waals surface area contributed by atoms with Crippen LogP contribution in [-0.4, -0.2) is 54.1 Å². The number of azide groups is 1. The molecule has 17 heavy (non-hydrogen) atoms. The lowest BCUT2D eigenvalue weighted by Crippen LogP contribution is -2.53. The van der Waals surface area contributed by atoms with Gasteiger partial charge in [0.05, 0.1) is 6.04 Å². The Balaban J connectivity index is 1.89. The Morgan fingerprint density at radius 1 is 1.18 bits per heavy atom. The van der Waals surface area contributed by atoms with E-state index in [0.29, 0.717) is 12.1 Å². The molecule has 96 valence electrons. The summed E-state index contributed by atoms with van der Waals surface area (Å²) in [7, 11) is 0. The second-order valence-electron chi connectivity index (χ2n) is 5.44. The number of nitrogens with zero attached hydrogens (tertiary/aromatic N) is 5. The van der Waals surface area contributed by atoms with E-state index >= 15 is 0 Å². The highest BCUT2D eigenvalue weighted by molar-refractivity contribution is 4.92. The Kier molecular flexibility index (Phi) is 4.26. The maximum absolute atomic E-state index is 8.59. The topological polar surface area (TPSA) is 55.2 Å². The van der Waals surface area contributed by atoms with Gasteiger partial charge in [0.25, 0.3) is 0 Å². The number of hydrogen-bond donors (Lipinski definition) is 0. The van der Waals surface area contributed by atoms with Crippen LogP contribution in [0.2, 0.25) is 0 Å². The van der Waals surface area contributed by atoms with E-state index in [1.165, 1.54) is 12.8 Å². The summed E-state index contributed by atoms with van der Waals surface area (Å²) in [6, 6.07) is 1.36. The summed E-state index contributed by atoms with van der Waals surface area (Å²) in [5.74, 6) is 0. The van der Waals surface area contributed by atoms with E-state index in [0.717, 1.165) is 32.6 Å². The quantitative estimate of drug-likeness (QED) is 0.429. The van der Waals surface area contributed by atoms with Crippen LogP contribution >= 0.6 is 0 Å². The van der Waals surface area contributed by atoms with Gasteiger partial charge >= 0.3 is 0 Å². The van der Waals surface area contributed by atoms with E-state index in [4.69, 9.17) is 5.53 Å². The van der Waals surface area contributed by atoms with Gasteiger partial charge in [-0.15, -0.1) is 0 Å². The molecule has 5 nitrogen and oxygen atoms in total. The Labute approximate surface area is 103 Å².